The monoisotopic (exact) mass is 498 g/mol. The number of para-hydroxylation sites is 1. The molecular formula is C35H34N2O. The Labute approximate surface area is 226 Å². The van der Waals surface area contributed by atoms with E-state index in [1.165, 1.54) is 5.56 Å². The molecule has 38 heavy (non-hydrogen) atoms. The van der Waals surface area contributed by atoms with Crippen molar-refractivity contribution in [3.8, 4) is 17.2 Å². The largest absolute Gasteiger partial charge is 0.364 e. The van der Waals surface area contributed by atoms with Gasteiger partial charge in [0.05, 0.1) is 23.8 Å². The molecule has 3 nitrogen and oxygen atoms in total. The van der Waals surface area contributed by atoms with Crippen molar-refractivity contribution in [3.63, 3.8) is 0 Å². The molecule has 0 radical (unpaired) electrons. The summed E-state index contributed by atoms with van der Waals surface area (Å²) in [5.41, 5.74) is 7.82. The number of rotatable bonds is 10. The van der Waals surface area contributed by atoms with Gasteiger partial charge in [0, 0.05) is 17.1 Å². The Balaban J connectivity index is 1.77. The van der Waals surface area contributed by atoms with Gasteiger partial charge in [-0.25, -0.2) is 0 Å². The molecule has 0 aliphatic carbocycles. The third kappa shape index (κ3) is 6.54. The maximum absolute atomic E-state index is 9.97. The quantitative estimate of drug-likeness (QED) is 0.205. The van der Waals surface area contributed by atoms with Gasteiger partial charge >= 0.3 is 0 Å². The predicted molar refractivity (Wildman–Crippen MR) is 158 cm³/mol. The van der Waals surface area contributed by atoms with Crippen LogP contribution in [-0.4, -0.2) is 4.98 Å². The van der Waals surface area contributed by atoms with E-state index in [0.717, 1.165) is 51.6 Å². The maximum atomic E-state index is 9.97. The molecule has 1 unspecified atom stereocenters. The number of benzene rings is 3. The van der Waals surface area contributed by atoms with Gasteiger partial charge in [-0.05, 0) is 66.8 Å². The van der Waals surface area contributed by atoms with Gasteiger partial charge in [0.15, 0.2) is 0 Å². The number of ether oxygens (including phenoxy) is 1. The Bertz CT molecular complexity index is 1500. The van der Waals surface area contributed by atoms with Crippen LogP contribution >= 0.6 is 0 Å². The number of nitrogens with zero attached hydrogens (tertiary/aromatic N) is 2. The molecule has 3 aromatic carbocycles. The number of aromatic nitrogens is 1. The molecule has 0 bridgehead atoms. The zero-order valence-electron chi connectivity index (χ0n) is 22.4. The van der Waals surface area contributed by atoms with Crippen LogP contribution in [-0.2, 0) is 11.3 Å². The normalized spacial score (nSPS) is 12.8. The SMILES string of the molecule is C\C=C(/C=C\C=C\CCC)C(OCc1ccc(C)cc1)c1ccc(C#N)c(-c2ccnc3ccccc23)c1. The highest BCUT2D eigenvalue weighted by molar-refractivity contribution is 5.95. The lowest BCUT2D eigenvalue weighted by molar-refractivity contribution is 0.0662. The fraction of sp³-hybridized carbons (Fsp3) is 0.200. The minimum absolute atomic E-state index is 0.295. The number of allylic oxidation sites excluding steroid dienone is 4. The van der Waals surface area contributed by atoms with Gasteiger partial charge in [-0.3, -0.25) is 4.98 Å². The zero-order valence-corrected chi connectivity index (χ0v) is 22.4. The average molecular weight is 499 g/mol. The molecule has 1 aromatic heterocycles. The minimum atomic E-state index is -0.295. The number of pyridine rings is 1. The minimum Gasteiger partial charge on any atom is -0.364 e. The van der Waals surface area contributed by atoms with Crippen molar-refractivity contribution >= 4 is 10.9 Å². The first-order valence-corrected chi connectivity index (χ1v) is 13.2. The Morgan fingerprint density at radius 3 is 2.58 bits per heavy atom. The fourth-order valence-corrected chi connectivity index (χ4v) is 4.47. The Kier molecular flexibility index (Phi) is 9.40. The summed E-state index contributed by atoms with van der Waals surface area (Å²) >= 11 is 0. The smallest absolute Gasteiger partial charge is 0.108 e. The summed E-state index contributed by atoms with van der Waals surface area (Å²) in [5.74, 6) is 0. The summed E-state index contributed by atoms with van der Waals surface area (Å²) in [4.78, 5) is 4.51. The van der Waals surface area contributed by atoms with E-state index in [2.05, 4.69) is 91.7 Å². The molecule has 0 fully saturated rings. The summed E-state index contributed by atoms with van der Waals surface area (Å²) in [7, 11) is 0. The molecule has 0 aliphatic heterocycles. The lowest BCUT2D eigenvalue weighted by Crippen LogP contribution is -2.08. The van der Waals surface area contributed by atoms with Gasteiger partial charge in [-0.2, -0.15) is 5.26 Å². The Morgan fingerprint density at radius 2 is 1.82 bits per heavy atom. The van der Waals surface area contributed by atoms with Crippen LogP contribution in [0.4, 0.5) is 0 Å². The molecule has 3 heteroatoms. The van der Waals surface area contributed by atoms with Crippen molar-refractivity contribution < 1.29 is 4.74 Å². The molecular weight excluding hydrogens is 464 g/mol. The molecule has 0 amide bonds. The number of hydrogen-bond acceptors (Lipinski definition) is 3. The Hall–Kier alpha value is -4.26. The van der Waals surface area contributed by atoms with Crippen molar-refractivity contribution in [3.05, 3.63) is 137 Å². The third-order valence-electron chi connectivity index (χ3n) is 6.57. The lowest BCUT2D eigenvalue weighted by atomic mass is 9.92. The molecule has 0 spiro atoms. The van der Waals surface area contributed by atoms with E-state index in [1.54, 1.807) is 6.20 Å². The molecule has 190 valence electrons. The first-order chi connectivity index (χ1) is 18.6. The molecule has 1 heterocycles. The lowest BCUT2D eigenvalue weighted by Gasteiger charge is -2.21. The van der Waals surface area contributed by atoms with E-state index in [1.807, 2.05) is 43.3 Å². The second kappa shape index (κ2) is 13.3. The van der Waals surface area contributed by atoms with E-state index in [9.17, 15) is 5.26 Å². The van der Waals surface area contributed by atoms with E-state index in [-0.39, 0.29) is 6.10 Å². The van der Waals surface area contributed by atoms with Gasteiger partial charge in [-0.15, -0.1) is 0 Å². The molecule has 4 aromatic rings. The summed E-state index contributed by atoms with van der Waals surface area (Å²) in [6, 6.07) is 26.9. The van der Waals surface area contributed by atoms with Crippen LogP contribution in [0, 0.1) is 18.3 Å². The third-order valence-corrected chi connectivity index (χ3v) is 6.57. The van der Waals surface area contributed by atoms with Gasteiger partial charge in [-0.1, -0.05) is 97.8 Å². The fourth-order valence-electron chi connectivity index (χ4n) is 4.47. The van der Waals surface area contributed by atoms with Gasteiger partial charge in [0.2, 0.25) is 0 Å². The highest BCUT2D eigenvalue weighted by Crippen LogP contribution is 2.35. The number of hydrogen-bond donors (Lipinski definition) is 0. The van der Waals surface area contributed by atoms with Crippen LogP contribution in [0.25, 0.3) is 22.0 Å². The van der Waals surface area contributed by atoms with Gasteiger partial charge in [0.25, 0.3) is 0 Å². The first-order valence-electron chi connectivity index (χ1n) is 13.2. The second-order valence-electron chi connectivity index (χ2n) is 9.33. The number of fused-ring (bicyclic) bond motifs is 1. The van der Waals surface area contributed by atoms with Crippen LogP contribution in [0.1, 0.15) is 55.0 Å². The van der Waals surface area contributed by atoms with Crippen LogP contribution in [0.5, 0.6) is 0 Å². The molecule has 1 atom stereocenters. The summed E-state index contributed by atoms with van der Waals surface area (Å²) in [6.45, 7) is 6.78. The molecule has 0 aliphatic rings. The second-order valence-corrected chi connectivity index (χ2v) is 9.33. The molecule has 0 saturated carbocycles. The topological polar surface area (TPSA) is 45.9 Å². The number of unbranched alkanes of at least 4 members (excludes halogenated alkanes) is 1. The molecule has 4 rings (SSSR count). The van der Waals surface area contributed by atoms with E-state index in [0.29, 0.717) is 12.2 Å². The average Bonchev–Trinajstić information content (AvgIpc) is 2.96. The van der Waals surface area contributed by atoms with Crippen molar-refractivity contribution in [1.29, 1.82) is 5.26 Å². The van der Waals surface area contributed by atoms with Gasteiger partial charge in [0.1, 0.15) is 6.10 Å². The summed E-state index contributed by atoms with van der Waals surface area (Å²) < 4.78 is 6.60. The van der Waals surface area contributed by atoms with Crippen molar-refractivity contribution in [1.82, 2.24) is 4.98 Å². The first kappa shape index (κ1) is 26.8. The highest BCUT2D eigenvalue weighted by Gasteiger charge is 2.19. The van der Waals surface area contributed by atoms with Crippen LogP contribution in [0.3, 0.4) is 0 Å². The highest BCUT2D eigenvalue weighted by atomic mass is 16.5. The molecule has 0 N–H and O–H groups in total. The van der Waals surface area contributed by atoms with Crippen LogP contribution in [0.2, 0.25) is 0 Å². The standard InChI is InChI=1S/C35H34N2O/c1-4-6-7-8-9-12-28(5-2)35(38-25-27-17-15-26(3)16-18-27)29-19-20-30(24-36)33(23-29)31-21-22-37-34-14-11-10-13-32(31)34/h5,7-23,35H,4,6,25H2,1-3H3/b8-7+,12-9-,28-5+. The molecule has 0 saturated heterocycles. The van der Waals surface area contributed by atoms with E-state index >= 15 is 0 Å². The Morgan fingerprint density at radius 1 is 1.00 bits per heavy atom. The van der Waals surface area contributed by atoms with Crippen LogP contribution < -0.4 is 0 Å². The summed E-state index contributed by atoms with van der Waals surface area (Å²) in [5, 5.41) is 11.0. The number of aryl methyl sites for hydroxylation is 1. The zero-order chi connectivity index (χ0) is 26.7. The summed E-state index contributed by atoms with van der Waals surface area (Å²) in [6.07, 6.45) is 14.3. The predicted octanol–water partition coefficient (Wildman–Crippen LogP) is 9.20. The van der Waals surface area contributed by atoms with Crippen molar-refractivity contribution in [2.75, 3.05) is 0 Å². The van der Waals surface area contributed by atoms with Crippen molar-refractivity contribution in [2.24, 2.45) is 0 Å². The number of nitriles is 1. The maximum Gasteiger partial charge on any atom is 0.108 e. The van der Waals surface area contributed by atoms with E-state index < -0.39 is 0 Å². The van der Waals surface area contributed by atoms with Crippen LogP contribution in [0.15, 0.2) is 115 Å². The van der Waals surface area contributed by atoms with E-state index in [4.69, 9.17) is 4.74 Å². The van der Waals surface area contributed by atoms with Crippen molar-refractivity contribution in [2.45, 2.75) is 46.3 Å². The van der Waals surface area contributed by atoms with Gasteiger partial charge < -0.3 is 4.74 Å².